The molecule has 1 rings (SSSR count). The Bertz CT molecular complexity index is 248. The molecular weight excluding hydrogens is 180 g/mol. The maximum Gasteiger partial charge on any atom is 0.280 e. The largest absolute Gasteiger partial charge is 0.382 e. The lowest BCUT2D eigenvalue weighted by molar-refractivity contribution is -0.705. The zero-order valence-corrected chi connectivity index (χ0v) is 8.95. The van der Waals surface area contributed by atoms with Gasteiger partial charge in [0.05, 0.1) is 13.2 Å². The first-order chi connectivity index (χ1) is 6.88. The van der Waals surface area contributed by atoms with Crippen LogP contribution in [0.15, 0.2) is 12.4 Å². The van der Waals surface area contributed by atoms with Crippen molar-refractivity contribution in [1.29, 1.82) is 0 Å². The fraction of sp³-hybridized carbons (Fsp3) is 0.700. The van der Waals surface area contributed by atoms with E-state index in [1.54, 1.807) is 7.11 Å². The van der Waals surface area contributed by atoms with Gasteiger partial charge in [-0.05, 0) is 6.92 Å². The molecule has 0 spiro atoms. The lowest BCUT2D eigenvalue weighted by Crippen LogP contribution is -2.36. The van der Waals surface area contributed by atoms with Crippen LogP contribution in [0.1, 0.15) is 19.2 Å². The Hall–Kier alpha value is -0.870. The van der Waals surface area contributed by atoms with Gasteiger partial charge in [-0.2, -0.15) is 0 Å². The summed E-state index contributed by atoms with van der Waals surface area (Å²) in [6.07, 6.45) is 4.99. The average molecular weight is 199 g/mol. The first kappa shape index (κ1) is 11.2. The van der Waals surface area contributed by atoms with Crippen molar-refractivity contribution in [3.8, 4) is 0 Å². The number of imidazole rings is 1. The van der Waals surface area contributed by atoms with Gasteiger partial charge in [0.25, 0.3) is 5.82 Å². The van der Waals surface area contributed by atoms with Crippen molar-refractivity contribution in [1.82, 2.24) is 4.98 Å². The van der Waals surface area contributed by atoms with Crippen molar-refractivity contribution in [2.45, 2.75) is 26.5 Å². The summed E-state index contributed by atoms with van der Waals surface area (Å²) in [7, 11) is 1.70. The van der Waals surface area contributed by atoms with Gasteiger partial charge in [0, 0.05) is 20.1 Å². The van der Waals surface area contributed by atoms with Crippen LogP contribution in [0.5, 0.6) is 0 Å². The zero-order chi connectivity index (χ0) is 10.2. The molecule has 4 nitrogen and oxygen atoms in total. The summed E-state index contributed by atoms with van der Waals surface area (Å²) in [4.78, 5) is 3.14. The topological polar surface area (TPSA) is 38.1 Å². The first-order valence-electron chi connectivity index (χ1n) is 5.00. The monoisotopic (exact) mass is 199 g/mol. The summed E-state index contributed by atoms with van der Waals surface area (Å²) >= 11 is 0. The zero-order valence-electron chi connectivity index (χ0n) is 8.95. The van der Waals surface area contributed by atoms with Gasteiger partial charge in [-0.3, -0.25) is 0 Å². The summed E-state index contributed by atoms with van der Waals surface area (Å²) in [5.74, 6) is 1.10. The quantitative estimate of drug-likeness (QED) is 0.523. The van der Waals surface area contributed by atoms with Crippen LogP contribution in [0.3, 0.4) is 0 Å². The maximum atomic E-state index is 5.28. The van der Waals surface area contributed by atoms with E-state index in [1.165, 1.54) is 0 Å². The molecule has 0 atom stereocenters. The summed E-state index contributed by atoms with van der Waals surface area (Å²) in [6.45, 7) is 5.23. The Morgan fingerprint density at radius 3 is 3.07 bits per heavy atom. The fourth-order valence-electron chi connectivity index (χ4n) is 1.35. The van der Waals surface area contributed by atoms with Gasteiger partial charge in [-0.25, -0.2) is 9.55 Å². The number of nitrogens with one attached hydrogen (secondary N) is 1. The Morgan fingerprint density at radius 2 is 2.36 bits per heavy atom. The number of hydrogen-bond donors (Lipinski definition) is 1. The highest BCUT2D eigenvalue weighted by atomic mass is 16.5. The number of rotatable bonds is 7. The minimum atomic E-state index is 0.627. The second-order valence-electron chi connectivity index (χ2n) is 3.08. The third-order valence-electron chi connectivity index (χ3n) is 2.02. The average Bonchev–Trinajstić information content (AvgIpc) is 2.61. The normalized spacial score (nSPS) is 10.7. The highest BCUT2D eigenvalue weighted by Crippen LogP contribution is 1.91. The number of ether oxygens (including phenoxy) is 2. The number of hydrogen-bond acceptors (Lipinski definition) is 2. The van der Waals surface area contributed by atoms with Gasteiger partial charge in [0.2, 0.25) is 0 Å². The lowest BCUT2D eigenvalue weighted by Gasteiger charge is -2.01. The molecule has 1 aromatic heterocycles. The molecule has 0 aliphatic heterocycles. The number of nitrogens with zero attached hydrogens (tertiary/aromatic N) is 1. The highest BCUT2D eigenvalue weighted by molar-refractivity contribution is 4.73. The van der Waals surface area contributed by atoms with Crippen LogP contribution in [-0.2, 0) is 22.6 Å². The van der Waals surface area contributed by atoms with E-state index in [0.29, 0.717) is 6.61 Å². The molecule has 0 aliphatic rings. The van der Waals surface area contributed by atoms with Crippen molar-refractivity contribution < 1.29 is 14.0 Å². The lowest BCUT2D eigenvalue weighted by atomic mass is 10.4. The van der Waals surface area contributed by atoms with E-state index in [1.807, 2.05) is 19.3 Å². The Labute approximate surface area is 84.9 Å². The van der Waals surface area contributed by atoms with Gasteiger partial charge in [0.15, 0.2) is 0 Å². The van der Waals surface area contributed by atoms with E-state index >= 15 is 0 Å². The van der Waals surface area contributed by atoms with Crippen molar-refractivity contribution >= 4 is 0 Å². The molecule has 0 radical (unpaired) electrons. The molecule has 80 valence electrons. The summed E-state index contributed by atoms with van der Waals surface area (Å²) in [5, 5.41) is 0. The Kier molecular flexibility index (Phi) is 5.25. The molecule has 0 bridgehead atoms. The van der Waals surface area contributed by atoms with Crippen LogP contribution >= 0.6 is 0 Å². The van der Waals surface area contributed by atoms with Crippen molar-refractivity contribution in [3.05, 3.63) is 18.2 Å². The second-order valence-corrected chi connectivity index (χ2v) is 3.08. The van der Waals surface area contributed by atoms with Crippen molar-refractivity contribution in [2.24, 2.45) is 0 Å². The van der Waals surface area contributed by atoms with E-state index in [4.69, 9.17) is 9.47 Å². The molecule has 0 saturated heterocycles. The Balaban J connectivity index is 2.30. The molecule has 0 fully saturated rings. The van der Waals surface area contributed by atoms with Crippen molar-refractivity contribution in [3.63, 3.8) is 0 Å². The number of methoxy groups -OCH3 is 1. The molecular formula is C10H19N2O2+. The molecule has 14 heavy (non-hydrogen) atoms. The van der Waals surface area contributed by atoms with Gasteiger partial charge >= 0.3 is 0 Å². The van der Waals surface area contributed by atoms with E-state index in [9.17, 15) is 0 Å². The second kappa shape index (κ2) is 6.56. The molecule has 1 heterocycles. The summed E-state index contributed by atoms with van der Waals surface area (Å²) in [6, 6.07) is 0. The Morgan fingerprint density at radius 1 is 1.50 bits per heavy atom. The minimum absolute atomic E-state index is 0.627. The van der Waals surface area contributed by atoms with Crippen LogP contribution in [0, 0.1) is 0 Å². The van der Waals surface area contributed by atoms with Crippen LogP contribution in [0.25, 0.3) is 0 Å². The number of aromatic nitrogens is 2. The van der Waals surface area contributed by atoms with Gasteiger partial charge in [-0.1, -0.05) is 0 Å². The smallest absolute Gasteiger partial charge is 0.280 e. The third-order valence-corrected chi connectivity index (χ3v) is 2.02. The maximum absolute atomic E-state index is 5.28. The summed E-state index contributed by atoms with van der Waals surface area (Å²) < 4.78 is 12.5. The molecule has 4 heteroatoms. The molecule has 0 unspecified atom stereocenters. The molecule has 1 aromatic rings. The molecule has 1 N–H and O–H groups in total. The third kappa shape index (κ3) is 3.47. The summed E-state index contributed by atoms with van der Waals surface area (Å²) in [5.41, 5.74) is 0. The van der Waals surface area contributed by atoms with Crippen molar-refractivity contribution in [2.75, 3.05) is 20.3 Å². The van der Waals surface area contributed by atoms with E-state index in [2.05, 4.69) is 9.55 Å². The van der Waals surface area contributed by atoms with Crippen LogP contribution in [0.4, 0.5) is 0 Å². The molecule has 0 saturated carbocycles. The molecule has 0 aromatic carbocycles. The first-order valence-corrected chi connectivity index (χ1v) is 5.00. The van der Waals surface area contributed by atoms with Crippen LogP contribution in [-0.4, -0.2) is 25.3 Å². The van der Waals surface area contributed by atoms with Gasteiger partial charge in [0.1, 0.15) is 19.0 Å². The van der Waals surface area contributed by atoms with E-state index < -0.39 is 0 Å². The van der Waals surface area contributed by atoms with Crippen LogP contribution < -0.4 is 4.57 Å². The fourth-order valence-corrected chi connectivity index (χ4v) is 1.35. The molecule has 0 aliphatic carbocycles. The van der Waals surface area contributed by atoms with Crippen LogP contribution in [0.2, 0.25) is 0 Å². The molecule has 0 amide bonds. The predicted octanol–water partition coefficient (Wildman–Crippen LogP) is 0.875. The standard InChI is InChI=1S/C10H18N2O2/c1-3-14-8-4-6-12-7-5-11-10(12)9-13-2/h5,7H,3-4,6,8-9H2,1-2H3/p+1. The predicted molar refractivity (Wildman–Crippen MR) is 52.8 cm³/mol. The highest BCUT2D eigenvalue weighted by Gasteiger charge is 2.08. The van der Waals surface area contributed by atoms with Gasteiger partial charge in [-0.15, -0.1) is 0 Å². The van der Waals surface area contributed by atoms with Gasteiger partial charge < -0.3 is 9.47 Å². The number of aromatic amines is 1. The van der Waals surface area contributed by atoms with E-state index in [0.717, 1.165) is 32.0 Å². The minimum Gasteiger partial charge on any atom is -0.382 e. The number of H-pyrrole nitrogens is 1. The van der Waals surface area contributed by atoms with E-state index in [-0.39, 0.29) is 0 Å². The number of aryl methyl sites for hydroxylation is 1. The SMILES string of the molecule is CCOCCC[n+]1cc[nH]c1COC.